The highest BCUT2D eigenvalue weighted by molar-refractivity contribution is 5.32. The van der Waals surface area contributed by atoms with Gasteiger partial charge in [0.05, 0.1) is 12.2 Å². The molecule has 0 aromatic heterocycles. The molecule has 1 aromatic carbocycles. The molecule has 0 radical (unpaired) electrons. The summed E-state index contributed by atoms with van der Waals surface area (Å²) < 4.78 is 5.98. The van der Waals surface area contributed by atoms with Crippen LogP contribution in [0.15, 0.2) is 24.3 Å². The number of rotatable bonds is 1. The molecule has 1 saturated heterocycles. The van der Waals surface area contributed by atoms with Gasteiger partial charge < -0.3 is 4.74 Å². The minimum absolute atomic E-state index is 0.213. The van der Waals surface area contributed by atoms with Gasteiger partial charge in [-0.25, -0.2) is 0 Å². The van der Waals surface area contributed by atoms with Crippen LogP contribution in [0, 0.1) is 6.92 Å². The van der Waals surface area contributed by atoms with Gasteiger partial charge in [-0.2, -0.15) is 0 Å². The first kappa shape index (κ1) is 10.3. The maximum absolute atomic E-state index is 5.98. The van der Waals surface area contributed by atoms with Crippen LogP contribution in [0.5, 0.6) is 0 Å². The Morgan fingerprint density at radius 3 is 2.69 bits per heavy atom. The summed E-state index contributed by atoms with van der Waals surface area (Å²) in [6, 6.07) is 8.84. The summed E-state index contributed by atoms with van der Waals surface area (Å²) in [6.45, 7) is 3.21. The smallest absolute Gasteiger partial charge is 0.0772 e. The van der Waals surface area contributed by atoms with Crippen molar-refractivity contribution in [3.05, 3.63) is 35.4 Å². The summed E-state index contributed by atoms with van der Waals surface area (Å²) in [6.07, 6.45) is 6.56. The van der Waals surface area contributed by atoms with Gasteiger partial charge in [0.1, 0.15) is 0 Å². The number of benzene rings is 1. The van der Waals surface area contributed by atoms with E-state index in [9.17, 15) is 0 Å². The van der Waals surface area contributed by atoms with Crippen LogP contribution in [0.2, 0.25) is 0 Å². The van der Waals surface area contributed by atoms with Crippen LogP contribution in [0.25, 0.3) is 0 Å². The molecule has 1 spiro atoms. The lowest BCUT2D eigenvalue weighted by molar-refractivity contribution is -0.177. The summed E-state index contributed by atoms with van der Waals surface area (Å²) in [7, 11) is 0. The van der Waals surface area contributed by atoms with E-state index in [1.165, 1.54) is 43.2 Å². The van der Waals surface area contributed by atoms with Gasteiger partial charge in [0, 0.05) is 12.3 Å². The molecule has 1 aliphatic carbocycles. The molecule has 3 rings (SSSR count). The molecule has 2 aliphatic rings. The predicted molar refractivity (Wildman–Crippen MR) is 65.7 cm³/mol. The van der Waals surface area contributed by atoms with Crippen molar-refractivity contribution in [2.45, 2.75) is 50.5 Å². The lowest BCUT2D eigenvalue weighted by Gasteiger charge is -2.51. The van der Waals surface area contributed by atoms with Crippen molar-refractivity contribution >= 4 is 0 Å². The van der Waals surface area contributed by atoms with Crippen molar-refractivity contribution in [2.75, 3.05) is 6.61 Å². The Morgan fingerprint density at radius 2 is 2.00 bits per heavy atom. The second-order valence-corrected chi connectivity index (χ2v) is 5.32. The molecule has 0 bridgehead atoms. The van der Waals surface area contributed by atoms with Crippen molar-refractivity contribution in [3.63, 3.8) is 0 Å². The summed E-state index contributed by atoms with van der Waals surface area (Å²) in [5.41, 5.74) is 3.18. The van der Waals surface area contributed by atoms with Crippen LogP contribution in [-0.2, 0) is 4.74 Å². The summed E-state index contributed by atoms with van der Waals surface area (Å²) in [4.78, 5) is 0. The number of ether oxygens (including phenoxy) is 1. The van der Waals surface area contributed by atoms with Gasteiger partial charge in [0.2, 0.25) is 0 Å². The molecule has 86 valence electrons. The first-order valence-corrected chi connectivity index (χ1v) is 6.51. The molecule has 16 heavy (non-hydrogen) atoms. The van der Waals surface area contributed by atoms with E-state index in [0.29, 0.717) is 5.92 Å². The molecular formula is C15H20O. The Balaban J connectivity index is 1.95. The van der Waals surface area contributed by atoms with Gasteiger partial charge in [-0.3, -0.25) is 0 Å². The zero-order valence-electron chi connectivity index (χ0n) is 10.0. The van der Waals surface area contributed by atoms with Crippen LogP contribution >= 0.6 is 0 Å². The third-order valence-corrected chi connectivity index (χ3v) is 4.46. The Bertz CT molecular complexity index is 379. The first-order chi connectivity index (χ1) is 7.82. The lowest BCUT2D eigenvalue weighted by Crippen LogP contribution is -2.50. The van der Waals surface area contributed by atoms with Gasteiger partial charge in [0.25, 0.3) is 0 Å². The molecule has 1 aliphatic heterocycles. The molecule has 0 amide bonds. The summed E-state index contributed by atoms with van der Waals surface area (Å²) in [5, 5.41) is 0. The Morgan fingerprint density at radius 1 is 1.19 bits per heavy atom. The normalized spacial score (nSPS) is 33.7. The first-order valence-electron chi connectivity index (χ1n) is 6.51. The van der Waals surface area contributed by atoms with E-state index < -0.39 is 0 Å². The SMILES string of the molecule is Cc1ccccc1C1CCCCC12CCO2. The number of aryl methyl sites for hydroxylation is 1. The fourth-order valence-corrected chi connectivity index (χ4v) is 3.46. The van der Waals surface area contributed by atoms with Crippen molar-refractivity contribution in [1.29, 1.82) is 0 Å². The van der Waals surface area contributed by atoms with E-state index in [-0.39, 0.29) is 5.60 Å². The van der Waals surface area contributed by atoms with Gasteiger partial charge in [0.15, 0.2) is 0 Å². The second-order valence-electron chi connectivity index (χ2n) is 5.32. The quantitative estimate of drug-likeness (QED) is 0.693. The van der Waals surface area contributed by atoms with Gasteiger partial charge >= 0.3 is 0 Å². The standard InChI is InChI=1S/C15H20O/c1-12-6-2-3-7-13(12)14-8-4-5-9-15(14)10-11-16-15/h2-3,6-7,14H,4-5,8-11H2,1H3. The van der Waals surface area contributed by atoms with Gasteiger partial charge in [-0.1, -0.05) is 37.1 Å². The van der Waals surface area contributed by atoms with E-state index in [1.54, 1.807) is 0 Å². The van der Waals surface area contributed by atoms with Crippen molar-refractivity contribution in [2.24, 2.45) is 0 Å². The fraction of sp³-hybridized carbons (Fsp3) is 0.600. The average molecular weight is 216 g/mol. The third kappa shape index (κ3) is 1.49. The van der Waals surface area contributed by atoms with Crippen LogP contribution in [-0.4, -0.2) is 12.2 Å². The fourth-order valence-electron chi connectivity index (χ4n) is 3.46. The Hall–Kier alpha value is -0.820. The highest BCUT2D eigenvalue weighted by Gasteiger charge is 2.47. The highest BCUT2D eigenvalue weighted by atomic mass is 16.5. The zero-order chi connectivity index (χ0) is 11.0. The molecule has 2 atom stereocenters. The maximum atomic E-state index is 5.98. The highest BCUT2D eigenvalue weighted by Crippen LogP contribution is 2.50. The molecule has 1 nitrogen and oxygen atoms in total. The molecular weight excluding hydrogens is 196 g/mol. The molecule has 2 fully saturated rings. The number of hydrogen-bond acceptors (Lipinski definition) is 1. The zero-order valence-corrected chi connectivity index (χ0v) is 10.0. The summed E-state index contributed by atoms with van der Waals surface area (Å²) in [5.74, 6) is 0.649. The van der Waals surface area contributed by atoms with E-state index in [4.69, 9.17) is 4.74 Å². The molecule has 1 heterocycles. The molecule has 1 heteroatoms. The number of hydrogen-bond donors (Lipinski definition) is 0. The molecule has 2 unspecified atom stereocenters. The Labute approximate surface area is 97.8 Å². The van der Waals surface area contributed by atoms with Crippen molar-refractivity contribution in [1.82, 2.24) is 0 Å². The second kappa shape index (κ2) is 3.89. The third-order valence-electron chi connectivity index (χ3n) is 4.46. The van der Waals surface area contributed by atoms with E-state index in [2.05, 4.69) is 31.2 Å². The van der Waals surface area contributed by atoms with Crippen molar-refractivity contribution < 1.29 is 4.74 Å². The van der Waals surface area contributed by atoms with Crippen LogP contribution in [0.1, 0.15) is 49.1 Å². The van der Waals surface area contributed by atoms with E-state index in [0.717, 1.165) is 6.61 Å². The minimum Gasteiger partial charge on any atom is -0.374 e. The minimum atomic E-state index is 0.213. The van der Waals surface area contributed by atoms with E-state index >= 15 is 0 Å². The Kier molecular flexibility index (Phi) is 2.51. The monoisotopic (exact) mass is 216 g/mol. The summed E-state index contributed by atoms with van der Waals surface area (Å²) >= 11 is 0. The topological polar surface area (TPSA) is 9.23 Å². The lowest BCUT2D eigenvalue weighted by atomic mass is 9.67. The predicted octanol–water partition coefficient (Wildman–Crippen LogP) is 3.81. The maximum Gasteiger partial charge on any atom is 0.0772 e. The average Bonchev–Trinajstić information content (AvgIpc) is 2.28. The van der Waals surface area contributed by atoms with Crippen molar-refractivity contribution in [3.8, 4) is 0 Å². The van der Waals surface area contributed by atoms with Crippen LogP contribution in [0.3, 0.4) is 0 Å². The molecule has 0 N–H and O–H groups in total. The largest absolute Gasteiger partial charge is 0.374 e. The molecule has 1 saturated carbocycles. The van der Waals surface area contributed by atoms with Crippen LogP contribution in [0.4, 0.5) is 0 Å². The van der Waals surface area contributed by atoms with E-state index in [1.807, 2.05) is 0 Å². The van der Waals surface area contributed by atoms with Gasteiger partial charge in [-0.15, -0.1) is 0 Å². The van der Waals surface area contributed by atoms with Gasteiger partial charge in [-0.05, 0) is 30.9 Å². The molecule has 1 aromatic rings. The van der Waals surface area contributed by atoms with Crippen LogP contribution < -0.4 is 0 Å².